The first-order chi connectivity index (χ1) is 19.1. The van der Waals surface area contributed by atoms with Gasteiger partial charge in [0.2, 0.25) is 0 Å². The number of allylic oxidation sites excluding steroid dienone is 2. The molecule has 0 saturated heterocycles. The van der Waals surface area contributed by atoms with E-state index in [1.54, 1.807) is 14.2 Å². The van der Waals surface area contributed by atoms with Gasteiger partial charge in [0.1, 0.15) is 17.1 Å². The average molecular weight is 579 g/mol. The van der Waals surface area contributed by atoms with Gasteiger partial charge in [-0.1, -0.05) is 105 Å². The smallest absolute Gasteiger partial charge is 0.192 e. The summed E-state index contributed by atoms with van der Waals surface area (Å²) in [5.74, 6) is 1.58. The van der Waals surface area contributed by atoms with Crippen molar-refractivity contribution in [1.82, 2.24) is 0 Å². The summed E-state index contributed by atoms with van der Waals surface area (Å²) in [7, 11) is 1.32. The van der Waals surface area contributed by atoms with Crippen LogP contribution in [0, 0.1) is 0 Å². The fraction of sp³-hybridized carbons (Fsp3) is 0.353. The predicted octanol–water partition coefficient (Wildman–Crippen LogP) is 9.10. The monoisotopic (exact) mass is 578 g/mol. The zero-order valence-corrected chi connectivity index (χ0v) is 26.6. The largest absolute Gasteiger partial charge is 0.497 e. The van der Waals surface area contributed by atoms with Crippen molar-refractivity contribution in [2.45, 2.75) is 57.0 Å². The van der Waals surface area contributed by atoms with E-state index in [0.29, 0.717) is 13.0 Å². The Morgan fingerprint density at radius 2 is 1.25 bits per heavy atom. The topological polar surface area (TPSA) is 36.9 Å². The standard InChI is InChI=1S/C34H43ClO4Si/c1-33(2,3)40(6,7)39-32(15-11-12-25-35)24-26-38-34(27-13-9-8-10-14-27,28-16-20-30(36-4)21-17-28)29-18-22-31(37-5)23-19-29/h8-23,25,32H,24,26H2,1-7H3/b15-11+,25-12+/t32-/m0/s1. The lowest BCUT2D eigenvalue weighted by Gasteiger charge is -2.39. The number of ether oxygens (including phenoxy) is 3. The first kappa shape index (κ1) is 31.7. The van der Waals surface area contributed by atoms with Crippen LogP contribution < -0.4 is 9.47 Å². The van der Waals surface area contributed by atoms with Crippen molar-refractivity contribution in [2.24, 2.45) is 0 Å². The first-order valence-corrected chi connectivity index (χ1v) is 17.0. The molecule has 214 valence electrons. The second kappa shape index (κ2) is 14.2. The molecular formula is C34H43ClO4Si. The van der Waals surface area contributed by atoms with Crippen molar-refractivity contribution in [1.29, 1.82) is 0 Å². The van der Waals surface area contributed by atoms with Gasteiger partial charge in [0, 0.05) is 5.54 Å². The molecule has 3 aromatic carbocycles. The Balaban J connectivity index is 2.06. The highest BCUT2D eigenvalue weighted by Gasteiger charge is 2.40. The van der Waals surface area contributed by atoms with E-state index in [1.807, 2.05) is 54.6 Å². The number of halogens is 1. The van der Waals surface area contributed by atoms with Crippen molar-refractivity contribution in [3.05, 3.63) is 119 Å². The summed E-state index contributed by atoms with van der Waals surface area (Å²) in [4.78, 5) is 0. The van der Waals surface area contributed by atoms with E-state index in [9.17, 15) is 0 Å². The molecule has 4 nitrogen and oxygen atoms in total. The molecule has 0 radical (unpaired) electrons. The number of hydrogen-bond donors (Lipinski definition) is 0. The maximum Gasteiger partial charge on any atom is 0.192 e. The quantitative estimate of drug-likeness (QED) is 0.115. The first-order valence-electron chi connectivity index (χ1n) is 13.7. The van der Waals surface area contributed by atoms with Gasteiger partial charge >= 0.3 is 0 Å². The molecule has 0 aromatic heterocycles. The highest BCUT2D eigenvalue weighted by Crippen LogP contribution is 2.42. The van der Waals surface area contributed by atoms with E-state index >= 15 is 0 Å². The van der Waals surface area contributed by atoms with Gasteiger partial charge < -0.3 is 18.6 Å². The van der Waals surface area contributed by atoms with E-state index < -0.39 is 13.9 Å². The summed E-state index contributed by atoms with van der Waals surface area (Å²) in [6, 6.07) is 26.5. The molecule has 1 atom stereocenters. The van der Waals surface area contributed by atoms with Gasteiger partial charge in [-0.3, -0.25) is 0 Å². The fourth-order valence-electron chi connectivity index (χ4n) is 4.38. The van der Waals surface area contributed by atoms with Gasteiger partial charge in [-0.05, 0) is 65.5 Å². The molecule has 0 aliphatic carbocycles. The lowest BCUT2D eigenvalue weighted by Crippen LogP contribution is -2.44. The Labute approximate surface area is 246 Å². The number of benzene rings is 3. The number of rotatable bonds is 13. The lowest BCUT2D eigenvalue weighted by molar-refractivity contribution is 0.000975. The minimum absolute atomic E-state index is 0.0856. The fourth-order valence-corrected chi connectivity index (χ4v) is 5.77. The highest BCUT2D eigenvalue weighted by atomic mass is 35.5. The van der Waals surface area contributed by atoms with Crippen LogP contribution in [0.2, 0.25) is 18.1 Å². The Morgan fingerprint density at radius 1 is 0.750 bits per heavy atom. The zero-order chi connectivity index (χ0) is 29.2. The third kappa shape index (κ3) is 7.67. The van der Waals surface area contributed by atoms with Gasteiger partial charge in [0.15, 0.2) is 8.32 Å². The molecule has 3 rings (SSSR count). The van der Waals surface area contributed by atoms with Gasteiger partial charge in [-0.2, -0.15) is 0 Å². The summed E-state index contributed by atoms with van der Waals surface area (Å²) in [6.45, 7) is 11.8. The Bertz CT molecular complexity index is 1180. The molecule has 0 N–H and O–H groups in total. The van der Waals surface area contributed by atoms with Crippen molar-refractivity contribution >= 4 is 19.9 Å². The van der Waals surface area contributed by atoms with Gasteiger partial charge in [0.25, 0.3) is 0 Å². The summed E-state index contributed by atoms with van der Waals surface area (Å²) < 4.78 is 24.8. The maximum absolute atomic E-state index is 7.05. The van der Waals surface area contributed by atoms with Crippen LogP contribution in [0.5, 0.6) is 11.5 Å². The molecule has 0 spiro atoms. The molecule has 0 bridgehead atoms. The van der Waals surface area contributed by atoms with Crippen LogP contribution >= 0.6 is 11.6 Å². The second-order valence-electron chi connectivity index (χ2n) is 11.3. The van der Waals surface area contributed by atoms with E-state index in [0.717, 1.165) is 28.2 Å². The Morgan fingerprint density at radius 3 is 1.70 bits per heavy atom. The van der Waals surface area contributed by atoms with E-state index in [-0.39, 0.29) is 11.1 Å². The van der Waals surface area contributed by atoms with Crippen LogP contribution in [0.25, 0.3) is 0 Å². The summed E-state index contributed by atoms with van der Waals surface area (Å²) in [6.07, 6.45) is 6.40. The van der Waals surface area contributed by atoms with Crippen LogP contribution in [-0.4, -0.2) is 35.2 Å². The minimum atomic E-state index is -2.03. The molecule has 0 aliphatic rings. The number of hydrogen-bond acceptors (Lipinski definition) is 4. The predicted molar refractivity (Wildman–Crippen MR) is 169 cm³/mol. The van der Waals surface area contributed by atoms with Crippen molar-refractivity contribution in [3.63, 3.8) is 0 Å². The van der Waals surface area contributed by atoms with Crippen LogP contribution in [0.15, 0.2) is 103 Å². The molecule has 0 saturated carbocycles. The van der Waals surface area contributed by atoms with Crippen LogP contribution in [-0.2, 0) is 14.8 Å². The molecule has 0 aliphatic heterocycles. The summed E-state index contributed by atoms with van der Waals surface area (Å²) in [5, 5.41) is 0.0856. The molecule has 3 aromatic rings. The Hall–Kier alpha value is -2.83. The third-order valence-corrected chi connectivity index (χ3v) is 12.3. The molecule has 0 fully saturated rings. The van der Waals surface area contributed by atoms with Crippen molar-refractivity contribution in [2.75, 3.05) is 20.8 Å². The van der Waals surface area contributed by atoms with Crippen molar-refractivity contribution in [3.8, 4) is 11.5 Å². The molecule has 0 amide bonds. The molecule has 0 heterocycles. The van der Waals surface area contributed by atoms with Crippen LogP contribution in [0.4, 0.5) is 0 Å². The van der Waals surface area contributed by atoms with Crippen molar-refractivity contribution < 1.29 is 18.6 Å². The zero-order valence-electron chi connectivity index (χ0n) is 24.8. The highest BCUT2D eigenvalue weighted by molar-refractivity contribution is 6.74. The van der Waals surface area contributed by atoms with Crippen LogP contribution in [0.3, 0.4) is 0 Å². The molecule has 0 unspecified atom stereocenters. The van der Waals surface area contributed by atoms with Crippen LogP contribution in [0.1, 0.15) is 43.9 Å². The molecular weight excluding hydrogens is 536 g/mol. The SMILES string of the molecule is COc1ccc(C(OCC[C@H](/C=C/C=C/Cl)O[Si](C)(C)C(C)(C)C)(c2ccccc2)c2ccc(OC)cc2)cc1. The van der Waals surface area contributed by atoms with E-state index in [2.05, 4.69) is 76.3 Å². The van der Waals surface area contributed by atoms with Gasteiger partial charge in [-0.25, -0.2) is 0 Å². The molecule has 40 heavy (non-hydrogen) atoms. The minimum Gasteiger partial charge on any atom is -0.497 e. The Kier molecular flexibility index (Phi) is 11.2. The maximum atomic E-state index is 7.05. The lowest BCUT2D eigenvalue weighted by atomic mass is 9.80. The summed E-state index contributed by atoms with van der Waals surface area (Å²) >= 11 is 5.80. The van der Waals surface area contributed by atoms with E-state index in [1.165, 1.54) is 5.54 Å². The van der Waals surface area contributed by atoms with E-state index in [4.69, 9.17) is 30.2 Å². The third-order valence-electron chi connectivity index (χ3n) is 7.66. The summed E-state index contributed by atoms with van der Waals surface area (Å²) in [5.41, 5.74) is 3.69. The van der Waals surface area contributed by atoms with Gasteiger partial charge in [-0.15, -0.1) is 0 Å². The normalized spacial score (nSPS) is 13.6. The second-order valence-corrected chi connectivity index (χ2v) is 16.3. The molecule has 6 heteroatoms. The number of methoxy groups -OCH3 is 2. The average Bonchev–Trinajstić information content (AvgIpc) is 2.95. The van der Waals surface area contributed by atoms with Gasteiger partial charge in [0.05, 0.1) is 26.9 Å².